The highest BCUT2D eigenvalue weighted by atomic mass is 16.5. The van der Waals surface area contributed by atoms with Crippen molar-refractivity contribution in [3.8, 4) is 0 Å². The summed E-state index contributed by atoms with van der Waals surface area (Å²) < 4.78 is 5.72. The Morgan fingerprint density at radius 1 is 1.50 bits per heavy atom. The molecule has 14 heavy (non-hydrogen) atoms. The van der Waals surface area contributed by atoms with Crippen LogP contribution in [0.2, 0.25) is 0 Å². The van der Waals surface area contributed by atoms with E-state index in [0.29, 0.717) is 6.10 Å². The molecule has 1 rings (SSSR count). The van der Waals surface area contributed by atoms with E-state index >= 15 is 0 Å². The van der Waals surface area contributed by atoms with Gasteiger partial charge in [0, 0.05) is 26.2 Å². The topological polar surface area (TPSA) is 15.7 Å². The molecule has 0 aromatic carbocycles. The van der Waals surface area contributed by atoms with Crippen LogP contribution in [0.5, 0.6) is 0 Å². The molecule has 1 aliphatic heterocycles. The number of hydrogen-bond acceptors (Lipinski definition) is 3. The highest BCUT2D eigenvalue weighted by Gasteiger charge is 2.19. The van der Waals surface area contributed by atoms with Crippen LogP contribution in [0.1, 0.15) is 13.8 Å². The fourth-order valence-corrected chi connectivity index (χ4v) is 2.02. The third kappa shape index (κ3) is 4.40. The normalized spacial score (nSPS) is 24.9. The van der Waals surface area contributed by atoms with Crippen molar-refractivity contribution < 1.29 is 4.74 Å². The second-order valence-corrected chi connectivity index (χ2v) is 4.87. The third-order valence-electron chi connectivity index (χ3n) is 2.53. The summed E-state index contributed by atoms with van der Waals surface area (Å²) >= 11 is 0. The van der Waals surface area contributed by atoms with Crippen LogP contribution in [0.3, 0.4) is 0 Å². The van der Waals surface area contributed by atoms with Gasteiger partial charge in [0.05, 0.1) is 12.7 Å². The lowest BCUT2D eigenvalue weighted by molar-refractivity contribution is -0.0334. The second kappa shape index (κ2) is 5.69. The van der Waals surface area contributed by atoms with Crippen LogP contribution >= 0.6 is 0 Å². The van der Waals surface area contributed by atoms with Crippen molar-refractivity contribution in [1.82, 2.24) is 9.80 Å². The van der Waals surface area contributed by atoms with E-state index in [0.717, 1.165) is 38.7 Å². The van der Waals surface area contributed by atoms with Crippen LogP contribution in [0.4, 0.5) is 0 Å². The lowest BCUT2D eigenvalue weighted by Crippen LogP contribution is -2.45. The van der Waals surface area contributed by atoms with Gasteiger partial charge in [0.25, 0.3) is 0 Å². The van der Waals surface area contributed by atoms with E-state index in [1.807, 2.05) is 0 Å². The Morgan fingerprint density at radius 2 is 2.21 bits per heavy atom. The Hall–Kier alpha value is -0.120. The van der Waals surface area contributed by atoms with Crippen molar-refractivity contribution in [1.29, 1.82) is 0 Å². The van der Waals surface area contributed by atoms with Gasteiger partial charge >= 0.3 is 0 Å². The van der Waals surface area contributed by atoms with Crippen LogP contribution in [0.15, 0.2) is 0 Å². The van der Waals surface area contributed by atoms with Gasteiger partial charge < -0.3 is 14.5 Å². The maximum atomic E-state index is 5.72. The quantitative estimate of drug-likeness (QED) is 0.671. The largest absolute Gasteiger partial charge is 0.374 e. The van der Waals surface area contributed by atoms with Gasteiger partial charge in [-0.05, 0) is 20.0 Å². The van der Waals surface area contributed by atoms with E-state index in [-0.39, 0.29) is 0 Å². The Labute approximate surface area is 88.0 Å². The third-order valence-corrected chi connectivity index (χ3v) is 2.53. The zero-order chi connectivity index (χ0) is 10.6. The number of hydrogen-bond donors (Lipinski definition) is 0. The first-order chi connectivity index (χ1) is 6.58. The number of nitrogens with zero attached hydrogens (tertiary/aromatic N) is 2. The van der Waals surface area contributed by atoms with Gasteiger partial charge in [-0.3, -0.25) is 0 Å². The first-order valence-electron chi connectivity index (χ1n) is 5.56. The first kappa shape index (κ1) is 12.0. The summed E-state index contributed by atoms with van der Waals surface area (Å²) in [6.45, 7) is 9.75. The minimum absolute atomic E-state index is 0.400. The van der Waals surface area contributed by atoms with Crippen LogP contribution in [-0.4, -0.2) is 62.8 Å². The maximum absolute atomic E-state index is 5.72. The van der Waals surface area contributed by atoms with Gasteiger partial charge in [0.1, 0.15) is 0 Å². The fourth-order valence-electron chi connectivity index (χ4n) is 2.02. The summed E-state index contributed by atoms with van der Waals surface area (Å²) in [6.07, 6.45) is 0.400. The van der Waals surface area contributed by atoms with Crippen molar-refractivity contribution in [2.45, 2.75) is 20.0 Å². The summed E-state index contributed by atoms with van der Waals surface area (Å²) in [5.74, 6) is 0.737. The molecular formula is C11H24N2O. The summed E-state index contributed by atoms with van der Waals surface area (Å²) in [6, 6.07) is 0. The average molecular weight is 200 g/mol. The molecule has 0 aromatic heterocycles. The van der Waals surface area contributed by atoms with E-state index in [1.54, 1.807) is 0 Å². The Bertz CT molecular complexity index is 161. The maximum Gasteiger partial charge on any atom is 0.0829 e. The van der Waals surface area contributed by atoms with Gasteiger partial charge in [0.2, 0.25) is 0 Å². The lowest BCUT2D eigenvalue weighted by atomic mass is 10.2. The molecule has 1 atom stereocenters. The molecule has 1 heterocycles. The van der Waals surface area contributed by atoms with Crippen molar-refractivity contribution in [2.24, 2.45) is 5.92 Å². The number of likely N-dealkylation sites (N-methyl/N-ethyl adjacent to an activating group) is 2. The molecule has 0 N–H and O–H groups in total. The summed E-state index contributed by atoms with van der Waals surface area (Å²) in [5, 5.41) is 0. The second-order valence-electron chi connectivity index (χ2n) is 4.87. The van der Waals surface area contributed by atoms with E-state index < -0.39 is 0 Å². The molecular weight excluding hydrogens is 176 g/mol. The standard InChI is InChI=1S/C11H24N2O/c1-10(2)7-13(4)9-11-8-12(3)5-6-14-11/h10-11H,5-9H2,1-4H3/t11-/m0/s1. The number of rotatable bonds is 4. The van der Waals surface area contributed by atoms with E-state index in [1.165, 1.54) is 0 Å². The molecule has 1 saturated heterocycles. The van der Waals surface area contributed by atoms with Gasteiger partial charge in [-0.2, -0.15) is 0 Å². The van der Waals surface area contributed by atoms with Gasteiger partial charge in [-0.25, -0.2) is 0 Å². The van der Waals surface area contributed by atoms with Gasteiger partial charge in [-0.15, -0.1) is 0 Å². The minimum Gasteiger partial charge on any atom is -0.374 e. The molecule has 0 amide bonds. The predicted octanol–water partition coefficient (Wildman–Crippen LogP) is 0.905. The molecule has 84 valence electrons. The zero-order valence-electron chi connectivity index (χ0n) is 9.99. The van der Waals surface area contributed by atoms with Crippen LogP contribution < -0.4 is 0 Å². The molecule has 1 aliphatic rings. The lowest BCUT2D eigenvalue weighted by Gasteiger charge is -2.33. The highest BCUT2D eigenvalue weighted by Crippen LogP contribution is 2.05. The molecule has 0 radical (unpaired) electrons. The Kier molecular flexibility index (Phi) is 4.85. The Balaban J connectivity index is 2.21. The molecule has 0 aliphatic carbocycles. The summed E-state index contributed by atoms with van der Waals surface area (Å²) in [7, 11) is 4.34. The molecule has 3 heteroatoms. The van der Waals surface area contributed by atoms with Gasteiger partial charge in [0.15, 0.2) is 0 Å². The molecule has 1 fully saturated rings. The molecule has 3 nitrogen and oxygen atoms in total. The molecule has 0 unspecified atom stereocenters. The van der Waals surface area contributed by atoms with E-state index in [9.17, 15) is 0 Å². The monoisotopic (exact) mass is 200 g/mol. The average Bonchev–Trinajstić information content (AvgIpc) is 2.01. The zero-order valence-corrected chi connectivity index (χ0v) is 9.99. The van der Waals surface area contributed by atoms with Crippen LogP contribution in [0.25, 0.3) is 0 Å². The van der Waals surface area contributed by atoms with Crippen molar-refractivity contribution in [3.05, 3.63) is 0 Å². The number of ether oxygens (including phenoxy) is 1. The molecule has 0 saturated carbocycles. The molecule has 0 spiro atoms. The fraction of sp³-hybridized carbons (Fsp3) is 1.00. The smallest absolute Gasteiger partial charge is 0.0829 e. The van der Waals surface area contributed by atoms with Crippen molar-refractivity contribution >= 4 is 0 Å². The van der Waals surface area contributed by atoms with Gasteiger partial charge in [-0.1, -0.05) is 13.8 Å². The van der Waals surface area contributed by atoms with Crippen molar-refractivity contribution in [2.75, 3.05) is 46.9 Å². The highest BCUT2D eigenvalue weighted by molar-refractivity contribution is 4.72. The minimum atomic E-state index is 0.400. The molecule has 0 aromatic rings. The molecule has 0 bridgehead atoms. The summed E-state index contributed by atoms with van der Waals surface area (Å²) in [5.41, 5.74) is 0. The SMILES string of the molecule is CC(C)CN(C)C[C@@H]1CN(C)CCO1. The van der Waals surface area contributed by atoms with Crippen LogP contribution in [-0.2, 0) is 4.74 Å². The van der Waals surface area contributed by atoms with E-state index in [2.05, 4.69) is 37.7 Å². The first-order valence-corrected chi connectivity index (χ1v) is 5.56. The number of morpholine rings is 1. The predicted molar refractivity (Wildman–Crippen MR) is 59.6 cm³/mol. The Morgan fingerprint density at radius 3 is 2.79 bits per heavy atom. The van der Waals surface area contributed by atoms with Crippen molar-refractivity contribution in [3.63, 3.8) is 0 Å². The van der Waals surface area contributed by atoms with Crippen LogP contribution in [0, 0.1) is 5.92 Å². The summed E-state index contributed by atoms with van der Waals surface area (Å²) in [4.78, 5) is 4.71. The van der Waals surface area contributed by atoms with E-state index in [4.69, 9.17) is 4.74 Å².